The minimum Gasteiger partial charge on any atom is -0.456 e. The van der Waals surface area contributed by atoms with Crippen molar-refractivity contribution in [2.45, 2.75) is 0 Å². The summed E-state index contributed by atoms with van der Waals surface area (Å²) in [5, 5.41) is -3.53. The number of rotatable bonds is 3. The first-order valence-electron chi connectivity index (χ1n) is 23.0. The molecule has 0 aliphatic heterocycles. The summed E-state index contributed by atoms with van der Waals surface area (Å²) in [6, 6.07) is -18.7. The molecule has 0 N–H and O–H groups in total. The lowest BCUT2D eigenvalue weighted by atomic mass is 9.83. The molecule has 182 valence electrons. The molecule has 0 radical (unpaired) electrons. The van der Waals surface area contributed by atoms with Gasteiger partial charge in [-0.1, -0.05) is 127 Å². The second-order valence-corrected chi connectivity index (χ2v) is 8.32. The van der Waals surface area contributed by atoms with E-state index in [1.807, 2.05) is 0 Å². The highest BCUT2D eigenvalue weighted by Gasteiger charge is 2.19. The summed E-state index contributed by atoms with van der Waals surface area (Å²) in [6.45, 7) is 0. The van der Waals surface area contributed by atoms with Crippen molar-refractivity contribution >= 4 is 43.5 Å². The third kappa shape index (κ3) is 3.41. The van der Waals surface area contributed by atoms with Crippen molar-refractivity contribution in [1.82, 2.24) is 0 Å². The van der Waals surface area contributed by atoms with Gasteiger partial charge in [-0.25, -0.2) is 0 Å². The molecule has 0 bridgehead atoms. The molecule has 8 rings (SSSR count). The highest BCUT2D eigenvalue weighted by Crippen LogP contribution is 2.46. The topological polar surface area (TPSA) is 13.1 Å². The summed E-state index contributed by atoms with van der Waals surface area (Å²) in [5.74, 6) is 0. The average Bonchev–Trinajstić information content (AvgIpc) is 3.65. The van der Waals surface area contributed by atoms with Crippen LogP contribution in [0.25, 0.3) is 76.9 Å². The molecule has 1 aromatic heterocycles. The average molecular weight is 520 g/mol. The van der Waals surface area contributed by atoms with Gasteiger partial charge >= 0.3 is 0 Å². The SMILES string of the molecule is [2H]c1cc([2H])c(-c2c([2H])c([2H])c([2H])c([2H])c2-c2c3c([2H])c([2H])c([2H])c([2H])c3c(-c3c([2H])c([2H])c4oc5c([2H])c([2H])c([2H])c([2H])c5c4c3[2H])c3c([2H])c([2H])c([2H])c([2H])c23)c([2H])c1[2H]. The molecular formula is C38H24O. The predicted molar refractivity (Wildman–Crippen MR) is 165 cm³/mol. The Morgan fingerprint density at radius 3 is 1.69 bits per heavy atom. The molecular weight excluding hydrogens is 472 g/mol. The van der Waals surface area contributed by atoms with Gasteiger partial charge in [0, 0.05) is 10.8 Å². The van der Waals surface area contributed by atoms with Gasteiger partial charge in [-0.15, -0.1) is 0 Å². The quantitative estimate of drug-likeness (QED) is 0.212. The number of furan rings is 1. The van der Waals surface area contributed by atoms with Gasteiger partial charge in [-0.05, 0) is 73.1 Å². The van der Waals surface area contributed by atoms with Gasteiger partial charge in [-0.2, -0.15) is 0 Å². The van der Waals surface area contributed by atoms with Crippen LogP contribution in [0.3, 0.4) is 0 Å². The van der Waals surface area contributed by atoms with Crippen molar-refractivity contribution in [3.63, 3.8) is 0 Å². The van der Waals surface area contributed by atoms with Gasteiger partial charge in [0.15, 0.2) is 0 Å². The molecule has 0 aliphatic carbocycles. The van der Waals surface area contributed by atoms with Gasteiger partial charge in [0.1, 0.15) is 11.2 Å². The summed E-state index contributed by atoms with van der Waals surface area (Å²) >= 11 is 0. The molecule has 1 nitrogen and oxygen atoms in total. The largest absolute Gasteiger partial charge is 0.456 e. The Hall–Kier alpha value is -5.14. The normalized spacial score (nSPS) is 19.8. The Morgan fingerprint density at radius 1 is 0.385 bits per heavy atom. The Kier molecular flexibility index (Phi) is 2.00. The zero-order valence-electron chi connectivity index (χ0n) is 42.5. The monoisotopic (exact) mass is 519 g/mol. The molecule has 0 spiro atoms. The van der Waals surface area contributed by atoms with Gasteiger partial charge < -0.3 is 4.42 Å². The van der Waals surface area contributed by atoms with Crippen LogP contribution in [0.5, 0.6) is 0 Å². The van der Waals surface area contributed by atoms with E-state index in [4.69, 9.17) is 26.3 Å². The number of benzene rings is 7. The fourth-order valence-electron chi connectivity index (χ4n) is 4.65. The molecule has 8 aromatic rings. The Labute approximate surface area is 258 Å². The first-order valence-corrected chi connectivity index (χ1v) is 11.5. The van der Waals surface area contributed by atoms with E-state index in [1.54, 1.807) is 0 Å². The van der Waals surface area contributed by atoms with Crippen LogP contribution in [-0.4, -0.2) is 0 Å². The fourth-order valence-corrected chi connectivity index (χ4v) is 4.65. The van der Waals surface area contributed by atoms with Crippen LogP contribution in [0.1, 0.15) is 31.5 Å². The van der Waals surface area contributed by atoms with Crippen LogP contribution < -0.4 is 0 Å². The van der Waals surface area contributed by atoms with Crippen molar-refractivity contribution in [3.05, 3.63) is 145 Å². The van der Waals surface area contributed by atoms with E-state index in [0.29, 0.717) is 0 Å². The summed E-state index contributed by atoms with van der Waals surface area (Å²) < 4.78 is 209. The second-order valence-electron chi connectivity index (χ2n) is 8.32. The minimum atomic E-state index is -0.965. The van der Waals surface area contributed by atoms with E-state index in [2.05, 4.69) is 0 Å². The molecule has 7 aromatic carbocycles. The predicted octanol–water partition coefficient (Wildman–Crippen LogP) is 10.9. The van der Waals surface area contributed by atoms with Crippen LogP contribution in [0.4, 0.5) is 0 Å². The second kappa shape index (κ2) is 8.72. The van der Waals surface area contributed by atoms with Crippen molar-refractivity contribution in [1.29, 1.82) is 0 Å². The summed E-state index contributed by atoms with van der Waals surface area (Å²) in [6.07, 6.45) is 0. The maximum Gasteiger partial charge on any atom is 0.135 e. The molecule has 39 heavy (non-hydrogen) atoms. The Morgan fingerprint density at radius 2 is 0.949 bits per heavy atom. The first kappa shape index (κ1) is 8.97. The van der Waals surface area contributed by atoms with E-state index < -0.39 is 216 Å². The lowest BCUT2D eigenvalue weighted by Gasteiger charge is -2.19. The zero-order chi connectivity index (χ0) is 45.8. The molecule has 0 aliphatic rings. The number of hydrogen-bond donors (Lipinski definition) is 0. The fraction of sp³-hybridized carbons (Fsp3) is 0. The third-order valence-electron chi connectivity index (χ3n) is 6.25. The van der Waals surface area contributed by atoms with Gasteiger partial charge in [0.25, 0.3) is 0 Å². The minimum absolute atomic E-state index is 0.394. The van der Waals surface area contributed by atoms with Crippen LogP contribution in [0.15, 0.2) is 149 Å². The molecule has 0 amide bonds. The number of para-hydroxylation sites is 1. The smallest absolute Gasteiger partial charge is 0.135 e. The Bertz CT molecular complexity index is 3360. The van der Waals surface area contributed by atoms with E-state index in [0.717, 1.165) is 6.07 Å². The van der Waals surface area contributed by atoms with Crippen molar-refractivity contribution < 1.29 is 35.9 Å². The standard InChI is InChI=1S/C38H24O/c1-2-12-25(13-3-1)27-14-4-5-16-29(27)38-32-19-8-6-17-30(32)37(31-18-7-9-20-33(31)38)26-22-23-36-34(24-26)28-15-10-11-21-35(28)39-36/h1-24H/i1D,2D,4D,5D,6D,7D,8D,9D,10D,11D,12D,13D,14D,15D,16D,17D,18D,19D,20D,21D,22D,23D,24D. The van der Waals surface area contributed by atoms with Crippen LogP contribution in [-0.2, 0) is 0 Å². The molecule has 0 saturated carbocycles. The number of fused-ring (bicyclic) bond motifs is 5. The van der Waals surface area contributed by atoms with E-state index >= 15 is 0 Å². The molecule has 0 unspecified atom stereocenters. The Balaban J connectivity index is 1.77. The lowest BCUT2D eigenvalue weighted by molar-refractivity contribution is 0.669. The summed E-state index contributed by atoms with van der Waals surface area (Å²) in [7, 11) is 0. The van der Waals surface area contributed by atoms with Crippen LogP contribution >= 0.6 is 0 Å². The molecule has 1 heterocycles. The highest BCUT2D eigenvalue weighted by molar-refractivity contribution is 6.23. The number of hydrogen-bond acceptors (Lipinski definition) is 1. The lowest BCUT2D eigenvalue weighted by Crippen LogP contribution is -1.92. The maximum atomic E-state index is 9.58. The summed E-state index contributed by atoms with van der Waals surface area (Å²) in [5.41, 5.74) is -5.07. The highest BCUT2D eigenvalue weighted by atomic mass is 16.3. The molecule has 0 atom stereocenters. The first-order chi connectivity index (χ1) is 28.9. The van der Waals surface area contributed by atoms with E-state index in [-0.39, 0.29) is 0 Å². The van der Waals surface area contributed by atoms with Gasteiger partial charge in [0.2, 0.25) is 0 Å². The van der Waals surface area contributed by atoms with Crippen LogP contribution in [0.2, 0.25) is 0 Å². The van der Waals surface area contributed by atoms with Gasteiger partial charge in [-0.3, -0.25) is 0 Å². The van der Waals surface area contributed by atoms with Gasteiger partial charge in [0.05, 0.1) is 31.5 Å². The van der Waals surface area contributed by atoms with E-state index in [1.165, 1.54) is 0 Å². The molecule has 1 heteroatoms. The van der Waals surface area contributed by atoms with Crippen molar-refractivity contribution in [2.24, 2.45) is 0 Å². The summed E-state index contributed by atoms with van der Waals surface area (Å²) in [4.78, 5) is 0. The molecule has 0 fully saturated rings. The van der Waals surface area contributed by atoms with E-state index in [9.17, 15) is 9.60 Å². The zero-order valence-corrected chi connectivity index (χ0v) is 19.5. The molecule has 0 saturated heterocycles. The van der Waals surface area contributed by atoms with Crippen molar-refractivity contribution in [2.75, 3.05) is 0 Å². The third-order valence-corrected chi connectivity index (χ3v) is 6.25. The maximum absolute atomic E-state index is 9.58. The van der Waals surface area contributed by atoms with Crippen molar-refractivity contribution in [3.8, 4) is 33.4 Å². The van der Waals surface area contributed by atoms with Crippen LogP contribution in [0, 0.1) is 0 Å².